The maximum absolute atomic E-state index is 4.50. The van der Waals surface area contributed by atoms with Gasteiger partial charge >= 0.3 is 0 Å². The second-order valence-corrected chi connectivity index (χ2v) is 5.53. The highest BCUT2D eigenvalue weighted by Crippen LogP contribution is 2.11. The third-order valence-electron chi connectivity index (χ3n) is 2.28. The topological polar surface area (TPSA) is 16.1 Å². The summed E-state index contributed by atoms with van der Waals surface area (Å²) in [5.41, 5.74) is 1.22. The first-order valence-corrected chi connectivity index (χ1v) is 7.45. The van der Waals surface area contributed by atoms with Crippen LogP contribution in [0.4, 0.5) is 0 Å². The number of thiazole rings is 1. The molecule has 0 aromatic carbocycles. The van der Waals surface area contributed by atoms with Crippen molar-refractivity contribution in [3.8, 4) is 0 Å². The van der Waals surface area contributed by atoms with E-state index in [1.807, 2.05) is 0 Å². The molecule has 1 rings (SSSR count). The van der Waals surface area contributed by atoms with Gasteiger partial charge in [0.2, 0.25) is 0 Å². The minimum absolute atomic E-state index is 0.996. The average Bonchev–Trinajstić information content (AvgIpc) is 2.61. The van der Waals surface area contributed by atoms with Gasteiger partial charge in [-0.05, 0) is 19.9 Å². The van der Waals surface area contributed by atoms with Crippen molar-refractivity contribution in [2.45, 2.75) is 33.2 Å². The van der Waals surface area contributed by atoms with Gasteiger partial charge < -0.3 is 0 Å². The van der Waals surface area contributed by atoms with Crippen LogP contribution < -0.4 is 0 Å². The summed E-state index contributed by atoms with van der Waals surface area (Å²) in [5, 5.41) is 4.38. The molecular weight excluding hydrogens is 272 g/mol. The molecule has 1 heterocycles. The highest BCUT2D eigenvalue weighted by Gasteiger charge is 2.06. The number of rotatable bonds is 7. The van der Waals surface area contributed by atoms with E-state index in [0.29, 0.717) is 0 Å². The standard InChI is InChI=1S/C11H19BrN2S/c1-3-4-6-14(7-5-12)8-11-9-15-10(2)13-11/h9H,3-8H2,1-2H3. The molecule has 1 aromatic rings. The van der Waals surface area contributed by atoms with E-state index in [4.69, 9.17) is 0 Å². The van der Waals surface area contributed by atoms with E-state index in [2.05, 4.69) is 45.0 Å². The Morgan fingerprint density at radius 1 is 1.47 bits per heavy atom. The fraction of sp³-hybridized carbons (Fsp3) is 0.727. The van der Waals surface area contributed by atoms with Crippen LogP contribution >= 0.6 is 27.3 Å². The Morgan fingerprint density at radius 2 is 2.27 bits per heavy atom. The van der Waals surface area contributed by atoms with Gasteiger partial charge in [-0.25, -0.2) is 4.98 Å². The van der Waals surface area contributed by atoms with Crippen molar-refractivity contribution in [2.75, 3.05) is 18.4 Å². The van der Waals surface area contributed by atoms with E-state index in [1.54, 1.807) is 11.3 Å². The lowest BCUT2D eigenvalue weighted by Crippen LogP contribution is -2.26. The molecule has 4 heteroatoms. The quantitative estimate of drug-likeness (QED) is 0.715. The number of hydrogen-bond acceptors (Lipinski definition) is 3. The molecule has 15 heavy (non-hydrogen) atoms. The molecule has 1 aromatic heterocycles. The van der Waals surface area contributed by atoms with Crippen LogP contribution in [0.15, 0.2) is 5.38 Å². The molecule has 0 aliphatic carbocycles. The maximum Gasteiger partial charge on any atom is 0.0897 e. The van der Waals surface area contributed by atoms with E-state index in [9.17, 15) is 0 Å². The van der Waals surface area contributed by atoms with E-state index in [0.717, 1.165) is 18.4 Å². The number of halogens is 1. The molecule has 86 valence electrons. The van der Waals surface area contributed by atoms with Crippen LogP contribution in [-0.2, 0) is 6.54 Å². The van der Waals surface area contributed by atoms with Crippen LogP contribution in [0.1, 0.15) is 30.5 Å². The fourth-order valence-corrected chi connectivity index (χ4v) is 2.59. The summed E-state index contributed by atoms with van der Waals surface area (Å²) in [6, 6.07) is 0. The molecule has 0 amide bonds. The normalized spacial score (nSPS) is 11.2. The highest BCUT2D eigenvalue weighted by atomic mass is 79.9. The predicted octanol–water partition coefficient (Wildman–Crippen LogP) is 3.45. The summed E-state index contributed by atoms with van der Waals surface area (Å²) in [5.74, 6) is 0. The Labute approximate surface area is 105 Å². The number of alkyl halides is 1. The van der Waals surface area contributed by atoms with Crippen molar-refractivity contribution in [1.82, 2.24) is 9.88 Å². The zero-order valence-electron chi connectivity index (χ0n) is 9.50. The summed E-state index contributed by atoms with van der Waals surface area (Å²) >= 11 is 5.24. The molecule has 0 radical (unpaired) electrons. The second-order valence-electron chi connectivity index (χ2n) is 3.68. The van der Waals surface area contributed by atoms with Crippen LogP contribution in [0.2, 0.25) is 0 Å². The largest absolute Gasteiger partial charge is 0.297 e. The smallest absolute Gasteiger partial charge is 0.0897 e. The second kappa shape index (κ2) is 7.36. The molecule has 0 spiro atoms. The Kier molecular flexibility index (Phi) is 6.45. The van der Waals surface area contributed by atoms with Crippen molar-refractivity contribution in [1.29, 1.82) is 0 Å². The van der Waals surface area contributed by atoms with Gasteiger partial charge in [0.1, 0.15) is 0 Å². The number of unbranched alkanes of at least 4 members (excludes halogenated alkanes) is 1. The molecule has 2 nitrogen and oxygen atoms in total. The number of nitrogens with zero attached hydrogens (tertiary/aromatic N) is 2. The highest BCUT2D eigenvalue weighted by molar-refractivity contribution is 9.09. The van der Waals surface area contributed by atoms with Crippen molar-refractivity contribution in [3.63, 3.8) is 0 Å². The lowest BCUT2D eigenvalue weighted by Gasteiger charge is -2.19. The Morgan fingerprint density at radius 3 is 2.80 bits per heavy atom. The van der Waals surface area contributed by atoms with Crippen LogP contribution in [0.5, 0.6) is 0 Å². The molecule has 0 aliphatic rings. The van der Waals surface area contributed by atoms with Crippen molar-refractivity contribution >= 4 is 27.3 Å². The van der Waals surface area contributed by atoms with Crippen LogP contribution in [0, 0.1) is 6.92 Å². The lowest BCUT2D eigenvalue weighted by atomic mass is 10.3. The summed E-state index contributed by atoms with van der Waals surface area (Å²) in [6.07, 6.45) is 2.53. The molecule has 0 atom stereocenters. The zero-order valence-corrected chi connectivity index (χ0v) is 11.9. The van der Waals surface area contributed by atoms with E-state index in [-0.39, 0.29) is 0 Å². The minimum Gasteiger partial charge on any atom is -0.297 e. The third kappa shape index (κ3) is 5.09. The van der Waals surface area contributed by atoms with Gasteiger partial charge in [0.15, 0.2) is 0 Å². The number of hydrogen-bond donors (Lipinski definition) is 0. The summed E-state index contributed by atoms with van der Waals surface area (Å²) in [7, 11) is 0. The SMILES string of the molecule is CCCCN(CCBr)Cc1csc(C)n1. The molecule has 0 aliphatic heterocycles. The Hall–Kier alpha value is 0.0700. The van der Waals surface area contributed by atoms with Gasteiger partial charge in [-0.15, -0.1) is 11.3 Å². The first-order valence-electron chi connectivity index (χ1n) is 5.45. The van der Waals surface area contributed by atoms with Crippen molar-refractivity contribution in [2.24, 2.45) is 0 Å². The first-order chi connectivity index (χ1) is 7.26. The van der Waals surface area contributed by atoms with E-state index < -0.39 is 0 Å². The van der Waals surface area contributed by atoms with Gasteiger partial charge in [0.05, 0.1) is 10.7 Å². The Bertz CT molecular complexity index is 275. The fourth-order valence-electron chi connectivity index (χ4n) is 1.48. The van der Waals surface area contributed by atoms with E-state index >= 15 is 0 Å². The summed E-state index contributed by atoms with van der Waals surface area (Å²) in [6.45, 7) is 7.58. The van der Waals surface area contributed by atoms with Gasteiger partial charge in [-0.1, -0.05) is 29.3 Å². The molecular formula is C11H19BrN2S. The lowest BCUT2D eigenvalue weighted by molar-refractivity contribution is 0.275. The molecule has 0 saturated heterocycles. The Balaban J connectivity index is 2.42. The van der Waals surface area contributed by atoms with Gasteiger partial charge in [-0.3, -0.25) is 4.90 Å². The van der Waals surface area contributed by atoms with Gasteiger partial charge in [0.25, 0.3) is 0 Å². The zero-order chi connectivity index (χ0) is 11.1. The average molecular weight is 291 g/mol. The van der Waals surface area contributed by atoms with Crippen LogP contribution in [-0.4, -0.2) is 28.3 Å². The van der Waals surface area contributed by atoms with Crippen molar-refractivity contribution in [3.05, 3.63) is 16.1 Å². The number of aromatic nitrogens is 1. The van der Waals surface area contributed by atoms with Gasteiger partial charge in [-0.2, -0.15) is 0 Å². The monoisotopic (exact) mass is 290 g/mol. The van der Waals surface area contributed by atoms with Gasteiger partial charge in [0, 0.05) is 23.8 Å². The number of aryl methyl sites for hydroxylation is 1. The van der Waals surface area contributed by atoms with Crippen molar-refractivity contribution < 1.29 is 0 Å². The van der Waals surface area contributed by atoms with Crippen LogP contribution in [0.25, 0.3) is 0 Å². The summed E-state index contributed by atoms with van der Waals surface area (Å²) in [4.78, 5) is 6.97. The minimum atomic E-state index is 0.996. The molecule has 0 fully saturated rings. The third-order valence-corrected chi connectivity index (χ3v) is 3.46. The first kappa shape index (κ1) is 13.1. The van der Waals surface area contributed by atoms with E-state index in [1.165, 1.54) is 30.1 Å². The molecule has 0 saturated carbocycles. The molecule has 0 bridgehead atoms. The van der Waals surface area contributed by atoms with Crippen LogP contribution in [0.3, 0.4) is 0 Å². The summed E-state index contributed by atoms with van der Waals surface area (Å²) < 4.78 is 0. The maximum atomic E-state index is 4.50. The molecule has 0 N–H and O–H groups in total. The molecule has 0 unspecified atom stereocenters. The predicted molar refractivity (Wildman–Crippen MR) is 70.8 cm³/mol.